The van der Waals surface area contributed by atoms with E-state index in [4.69, 9.17) is 5.73 Å². The quantitative estimate of drug-likeness (QED) is 0.857. The molecule has 98 valence electrons. The summed E-state index contributed by atoms with van der Waals surface area (Å²) in [6.45, 7) is 4.34. The molecule has 0 spiro atoms. The molecule has 4 heteroatoms. The SMILES string of the molecule is Cn1cc2c(cc1=O)CC(C)(C)C[C@H]2CC(N)=O. The van der Waals surface area contributed by atoms with Gasteiger partial charge in [0.15, 0.2) is 0 Å². The molecule has 4 nitrogen and oxygen atoms in total. The van der Waals surface area contributed by atoms with Crippen LogP contribution in [0.2, 0.25) is 0 Å². The van der Waals surface area contributed by atoms with Crippen LogP contribution < -0.4 is 11.3 Å². The van der Waals surface area contributed by atoms with Gasteiger partial charge in [0, 0.05) is 25.7 Å². The molecule has 0 bridgehead atoms. The Labute approximate surface area is 107 Å². The monoisotopic (exact) mass is 248 g/mol. The number of aryl methyl sites for hydroxylation is 1. The normalized spacial score (nSPS) is 21.4. The van der Waals surface area contributed by atoms with Gasteiger partial charge in [-0.05, 0) is 35.3 Å². The molecule has 2 rings (SSSR count). The minimum absolute atomic E-state index is 0.00396. The van der Waals surface area contributed by atoms with Crippen LogP contribution in [-0.4, -0.2) is 10.5 Å². The Hall–Kier alpha value is -1.58. The van der Waals surface area contributed by atoms with Crippen molar-refractivity contribution in [1.29, 1.82) is 0 Å². The molecule has 1 atom stereocenters. The van der Waals surface area contributed by atoms with Crippen molar-refractivity contribution in [3.8, 4) is 0 Å². The van der Waals surface area contributed by atoms with E-state index in [0.717, 1.165) is 24.0 Å². The summed E-state index contributed by atoms with van der Waals surface area (Å²) in [7, 11) is 1.74. The highest BCUT2D eigenvalue weighted by Crippen LogP contribution is 2.42. The van der Waals surface area contributed by atoms with Crippen molar-refractivity contribution < 1.29 is 4.79 Å². The largest absolute Gasteiger partial charge is 0.370 e. The van der Waals surface area contributed by atoms with Crippen LogP contribution >= 0.6 is 0 Å². The number of nitrogens with zero attached hydrogens (tertiary/aromatic N) is 1. The van der Waals surface area contributed by atoms with E-state index in [-0.39, 0.29) is 22.8 Å². The van der Waals surface area contributed by atoms with Crippen molar-refractivity contribution in [1.82, 2.24) is 4.57 Å². The van der Waals surface area contributed by atoms with Crippen molar-refractivity contribution >= 4 is 5.91 Å². The van der Waals surface area contributed by atoms with Gasteiger partial charge in [-0.1, -0.05) is 13.8 Å². The third-order valence-electron chi connectivity index (χ3n) is 3.70. The van der Waals surface area contributed by atoms with Gasteiger partial charge in [-0.25, -0.2) is 0 Å². The fraction of sp³-hybridized carbons (Fsp3) is 0.571. The second-order valence-electron chi connectivity index (χ2n) is 6.12. The highest BCUT2D eigenvalue weighted by atomic mass is 16.1. The standard InChI is InChI=1S/C14H20N2O2/c1-14(2)6-9(4-12(15)17)11-8-16(3)13(18)5-10(11)7-14/h5,8-9H,4,6-7H2,1-3H3,(H2,15,17)/t9-/m1/s1. The number of primary amides is 1. The summed E-state index contributed by atoms with van der Waals surface area (Å²) in [5.74, 6) is -0.148. The Bertz CT molecular complexity index is 543. The zero-order chi connectivity index (χ0) is 13.5. The van der Waals surface area contributed by atoms with E-state index in [9.17, 15) is 9.59 Å². The Balaban J connectivity index is 2.50. The van der Waals surface area contributed by atoms with Crippen LogP contribution in [0.4, 0.5) is 0 Å². The second kappa shape index (κ2) is 4.26. The molecule has 0 fully saturated rings. The van der Waals surface area contributed by atoms with Gasteiger partial charge in [-0.15, -0.1) is 0 Å². The van der Waals surface area contributed by atoms with Gasteiger partial charge in [-0.2, -0.15) is 0 Å². The van der Waals surface area contributed by atoms with Gasteiger partial charge in [0.1, 0.15) is 0 Å². The number of carbonyl (C=O) groups excluding carboxylic acids is 1. The second-order valence-corrected chi connectivity index (χ2v) is 6.12. The Kier molecular flexibility index (Phi) is 3.05. The third kappa shape index (κ3) is 2.47. The van der Waals surface area contributed by atoms with Crippen molar-refractivity contribution in [2.24, 2.45) is 18.2 Å². The summed E-state index contributed by atoms with van der Waals surface area (Å²) in [4.78, 5) is 22.9. The average Bonchev–Trinajstić information content (AvgIpc) is 2.19. The van der Waals surface area contributed by atoms with Crippen LogP contribution in [0.15, 0.2) is 17.1 Å². The maximum absolute atomic E-state index is 11.7. The van der Waals surface area contributed by atoms with Gasteiger partial charge in [-0.3, -0.25) is 9.59 Å². The first-order valence-electron chi connectivity index (χ1n) is 6.26. The molecule has 1 aliphatic rings. The summed E-state index contributed by atoms with van der Waals surface area (Å²) < 4.78 is 1.57. The number of hydrogen-bond acceptors (Lipinski definition) is 2. The fourth-order valence-corrected chi connectivity index (χ4v) is 3.00. The molecule has 18 heavy (non-hydrogen) atoms. The van der Waals surface area contributed by atoms with Crippen LogP contribution in [-0.2, 0) is 18.3 Å². The number of fused-ring (bicyclic) bond motifs is 1. The highest BCUT2D eigenvalue weighted by molar-refractivity contribution is 5.75. The molecule has 0 unspecified atom stereocenters. The molecule has 2 N–H and O–H groups in total. The summed E-state index contributed by atoms with van der Waals surface area (Å²) in [5, 5.41) is 0. The molecule has 0 saturated heterocycles. The van der Waals surface area contributed by atoms with Gasteiger partial charge in [0.05, 0.1) is 0 Å². The maximum atomic E-state index is 11.7. The number of aromatic nitrogens is 1. The van der Waals surface area contributed by atoms with E-state index < -0.39 is 0 Å². The molecule has 1 aliphatic carbocycles. The van der Waals surface area contributed by atoms with E-state index in [1.165, 1.54) is 0 Å². The molecule has 1 amide bonds. The number of rotatable bonds is 2. The lowest BCUT2D eigenvalue weighted by Crippen LogP contribution is -2.31. The lowest BCUT2D eigenvalue weighted by atomic mass is 9.69. The maximum Gasteiger partial charge on any atom is 0.250 e. The van der Waals surface area contributed by atoms with Crippen molar-refractivity contribution in [2.45, 2.75) is 39.0 Å². The number of carbonyl (C=O) groups is 1. The third-order valence-corrected chi connectivity index (χ3v) is 3.70. The lowest BCUT2D eigenvalue weighted by molar-refractivity contribution is -0.118. The zero-order valence-corrected chi connectivity index (χ0v) is 11.2. The van der Waals surface area contributed by atoms with Gasteiger partial charge in [0.25, 0.3) is 5.56 Å². The molecule has 1 aromatic rings. The first-order chi connectivity index (χ1) is 8.28. The molecule has 0 aromatic carbocycles. The van der Waals surface area contributed by atoms with Gasteiger partial charge >= 0.3 is 0 Å². The minimum atomic E-state index is -0.280. The Morgan fingerprint density at radius 2 is 2.22 bits per heavy atom. The topological polar surface area (TPSA) is 65.1 Å². The molecule has 0 aliphatic heterocycles. The first-order valence-corrected chi connectivity index (χ1v) is 6.26. The zero-order valence-electron chi connectivity index (χ0n) is 11.2. The summed E-state index contributed by atoms with van der Waals surface area (Å²) in [6.07, 6.45) is 4.03. The fourth-order valence-electron chi connectivity index (χ4n) is 3.00. The van der Waals surface area contributed by atoms with E-state index in [0.29, 0.717) is 6.42 Å². The average molecular weight is 248 g/mol. The van der Waals surface area contributed by atoms with E-state index in [1.54, 1.807) is 17.7 Å². The van der Waals surface area contributed by atoms with Crippen LogP contribution in [0.25, 0.3) is 0 Å². The molecule has 1 aromatic heterocycles. The predicted octanol–water partition coefficient (Wildman–Crippen LogP) is 1.32. The van der Waals surface area contributed by atoms with Crippen LogP contribution in [0.3, 0.4) is 0 Å². The molecule has 0 radical (unpaired) electrons. The predicted molar refractivity (Wildman–Crippen MR) is 70.3 cm³/mol. The first kappa shape index (κ1) is 12.9. The van der Waals surface area contributed by atoms with E-state index in [1.807, 2.05) is 6.20 Å². The van der Waals surface area contributed by atoms with E-state index >= 15 is 0 Å². The van der Waals surface area contributed by atoms with E-state index in [2.05, 4.69) is 13.8 Å². The number of amides is 1. The van der Waals surface area contributed by atoms with Crippen LogP contribution in [0.5, 0.6) is 0 Å². The summed E-state index contributed by atoms with van der Waals surface area (Å²) in [6, 6.07) is 1.70. The Morgan fingerprint density at radius 1 is 1.56 bits per heavy atom. The molecular formula is C14H20N2O2. The van der Waals surface area contributed by atoms with Gasteiger partial charge in [0.2, 0.25) is 5.91 Å². The number of hydrogen-bond donors (Lipinski definition) is 1. The molecule has 0 saturated carbocycles. The molecular weight excluding hydrogens is 228 g/mol. The Morgan fingerprint density at radius 3 is 2.83 bits per heavy atom. The van der Waals surface area contributed by atoms with Crippen molar-refractivity contribution in [2.75, 3.05) is 0 Å². The number of pyridine rings is 1. The highest BCUT2D eigenvalue weighted by Gasteiger charge is 2.33. The minimum Gasteiger partial charge on any atom is -0.370 e. The smallest absolute Gasteiger partial charge is 0.250 e. The van der Waals surface area contributed by atoms with Crippen LogP contribution in [0, 0.1) is 5.41 Å². The van der Waals surface area contributed by atoms with Crippen molar-refractivity contribution in [3.05, 3.63) is 33.7 Å². The van der Waals surface area contributed by atoms with Gasteiger partial charge < -0.3 is 10.3 Å². The molecule has 1 heterocycles. The van der Waals surface area contributed by atoms with Crippen molar-refractivity contribution in [3.63, 3.8) is 0 Å². The van der Waals surface area contributed by atoms with Crippen LogP contribution in [0.1, 0.15) is 43.7 Å². The summed E-state index contributed by atoms with van der Waals surface area (Å²) in [5.41, 5.74) is 7.62. The number of nitrogens with two attached hydrogens (primary N) is 1. The lowest BCUT2D eigenvalue weighted by Gasteiger charge is -2.36. The summed E-state index contributed by atoms with van der Waals surface area (Å²) >= 11 is 0.